The van der Waals surface area contributed by atoms with Gasteiger partial charge in [0.15, 0.2) is 0 Å². The predicted octanol–water partition coefficient (Wildman–Crippen LogP) is 4.45. The Kier molecular flexibility index (Phi) is 9.08. The number of aliphatic hydroxyl groups excluding tert-OH is 1. The number of hydrogen-bond donors (Lipinski definition) is 2. The van der Waals surface area contributed by atoms with Gasteiger partial charge < -0.3 is 19.6 Å². The van der Waals surface area contributed by atoms with Crippen LogP contribution in [0.2, 0.25) is 0 Å². The van der Waals surface area contributed by atoms with Crippen LogP contribution >= 0.6 is 15.9 Å². The maximum absolute atomic E-state index is 13.8. The molecule has 2 aromatic carbocycles. The first-order chi connectivity index (χ1) is 16.4. The third-order valence-electron chi connectivity index (χ3n) is 5.00. The van der Waals surface area contributed by atoms with Crippen LogP contribution in [-0.2, 0) is 10.0 Å². The highest BCUT2D eigenvalue weighted by atomic mass is 79.9. The van der Waals surface area contributed by atoms with Crippen molar-refractivity contribution >= 4 is 43.2 Å². The molecule has 182 valence electrons. The van der Waals surface area contributed by atoms with Gasteiger partial charge in [0.1, 0.15) is 16.9 Å². The monoisotopic (exact) mass is 551 g/mol. The number of halogens is 1. The van der Waals surface area contributed by atoms with Crippen molar-refractivity contribution in [2.45, 2.75) is 30.6 Å². The Labute approximate surface area is 206 Å². The van der Waals surface area contributed by atoms with Gasteiger partial charge in [0.05, 0.1) is 19.0 Å². The second-order valence-electron chi connectivity index (χ2n) is 7.35. The lowest BCUT2D eigenvalue weighted by atomic mass is 10.2. The molecule has 34 heavy (non-hydrogen) atoms. The molecule has 0 spiro atoms. The minimum atomic E-state index is -4.06. The van der Waals surface area contributed by atoms with Crippen LogP contribution in [0.15, 0.2) is 68.7 Å². The van der Waals surface area contributed by atoms with Crippen molar-refractivity contribution in [2.24, 2.45) is 0 Å². The number of carbonyl (C=O) groups is 1. The quantitative estimate of drug-likeness (QED) is 0.319. The maximum Gasteiger partial charge on any atom is 0.311 e. The molecular formula is C23H26BrN3O6S. The van der Waals surface area contributed by atoms with Gasteiger partial charge in [-0.3, -0.25) is 9.10 Å². The van der Waals surface area contributed by atoms with E-state index in [-0.39, 0.29) is 35.4 Å². The number of unbranched alkanes of at least 4 members (excludes halogenated alkanes) is 3. The molecule has 0 saturated heterocycles. The van der Waals surface area contributed by atoms with Gasteiger partial charge in [-0.05, 0) is 55.3 Å². The van der Waals surface area contributed by atoms with Crippen LogP contribution in [0.4, 0.5) is 11.4 Å². The van der Waals surface area contributed by atoms with Crippen molar-refractivity contribution in [3.8, 4) is 5.75 Å². The average molecular weight is 552 g/mol. The Morgan fingerprint density at radius 1 is 1.15 bits per heavy atom. The Bertz CT molecular complexity index is 1180. The van der Waals surface area contributed by atoms with Gasteiger partial charge in [-0.15, -0.1) is 0 Å². The summed E-state index contributed by atoms with van der Waals surface area (Å²) in [5.41, 5.74) is 0.753. The van der Waals surface area contributed by atoms with Crippen LogP contribution in [0.1, 0.15) is 36.4 Å². The second kappa shape index (κ2) is 12.0. The summed E-state index contributed by atoms with van der Waals surface area (Å²) in [7, 11) is -2.67. The van der Waals surface area contributed by atoms with Gasteiger partial charge in [0.25, 0.3) is 15.9 Å². The standard InChI is InChI=1S/C23H26BrN3O6S/c1-32-20-11-8-18(26-22(29)23-25-12-15-33-23)16-21(20)34(30,31)27(13-4-2-3-5-14-28)19-9-6-17(24)7-10-19/h6-12,15-16,28H,2-5,13-14H2,1H3,(H,26,29). The highest BCUT2D eigenvalue weighted by molar-refractivity contribution is 9.10. The fraction of sp³-hybridized carbons (Fsp3) is 0.304. The van der Waals surface area contributed by atoms with Gasteiger partial charge >= 0.3 is 5.91 Å². The molecule has 0 saturated carbocycles. The highest BCUT2D eigenvalue weighted by Crippen LogP contribution is 2.33. The lowest BCUT2D eigenvalue weighted by molar-refractivity contribution is 0.0990. The van der Waals surface area contributed by atoms with Crippen LogP contribution in [0.25, 0.3) is 0 Å². The van der Waals surface area contributed by atoms with E-state index < -0.39 is 15.9 Å². The van der Waals surface area contributed by atoms with Gasteiger partial charge in [-0.25, -0.2) is 13.4 Å². The van der Waals surface area contributed by atoms with Crippen molar-refractivity contribution in [1.82, 2.24) is 4.98 Å². The van der Waals surface area contributed by atoms with E-state index in [9.17, 15) is 13.2 Å². The number of methoxy groups -OCH3 is 1. The fourth-order valence-electron chi connectivity index (χ4n) is 3.31. The number of aromatic nitrogens is 1. The zero-order chi connectivity index (χ0) is 24.6. The van der Waals surface area contributed by atoms with Gasteiger partial charge in [0.2, 0.25) is 0 Å². The first kappa shape index (κ1) is 25.7. The van der Waals surface area contributed by atoms with Crippen LogP contribution in [0, 0.1) is 0 Å². The zero-order valence-electron chi connectivity index (χ0n) is 18.6. The molecule has 1 amide bonds. The third-order valence-corrected chi connectivity index (χ3v) is 7.38. The van der Waals surface area contributed by atoms with E-state index in [1.54, 1.807) is 24.3 Å². The number of carbonyl (C=O) groups excluding carboxylic acids is 1. The maximum atomic E-state index is 13.8. The normalized spacial score (nSPS) is 11.3. The average Bonchev–Trinajstić information content (AvgIpc) is 3.37. The van der Waals surface area contributed by atoms with Crippen molar-refractivity contribution in [2.75, 3.05) is 29.9 Å². The van der Waals surface area contributed by atoms with Crippen molar-refractivity contribution in [3.63, 3.8) is 0 Å². The Morgan fingerprint density at radius 3 is 2.53 bits per heavy atom. The van der Waals surface area contributed by atoms with Gasteiger partial charge in [-0.2, -0.15) is 0 Å². The molecule has 0 atom stereocenters. The summed E-state index contributed by atoms with van der Waals surface area (Å²) in [5.74, 6) is -0.594. The fourth-order valence-corrected chi connectivity index (χ4v) is 5.26. The van der Waals surface area contributed by atoms with E-state index >= 15 is 0 Å². The number of aliphatic hydroxyl groups is 1. The van der Waals surface area contributed by atoms with Crippen LogP contribution in [-0.4, -0.2) is 44.7 Å². The topological polar surface area (TPSA) is 122 Å². The van der Waals surface area contributed by atoms with E-state index in [4.69, 9.17) is 14.3 Å². The minimum Gasteiger partial charge on any atom is -0.495 e. The first-order valence-corrected chi connectivity index (χ1v) is 12.9. The molecule has 3 aromatic rings. The molecule has 0 aliphatic carbocycles. The van der Waals surface area contributed by atoms with E-state index in [0.717, 1.165) is 17.3 Å². The molecule has 0 radical (unpaired) electrons. The van der Waals surface area contributed by atoms with Crippen LogP contribution in [0.3, 0.4) is 0 Å². The molecule has 9 nitrogen and oxygen atoms in total. The third kappa shape index (κ3) is 6.37. The Morgan fingerprint density at radius 2 is 1.88 bits per heavy atom. The van der Waals surface area contributed by atoms with Crippen molar-refractivity contribution in [3.05, 3.63) is 65.3 Å². The summed E-state index contributed by atoms with van der Waals surface area (Å²) < 4.78 is 40.2. The van der Waals surface area contributed by atoms with E-state index in [2.05, 4.69) is 26.2 Å². The van der Waals surface area contributed by atoms with E-state index in [1.807, 2.05) is 0 Å². The SMILES string of the molecule is COc1ccc(NC(=O)c2ncco2)cc1S(=O)(=O)N(CCCCCCO)c1ccc(Br)cc1. The first-order valence-electron chi connectivity index (χ1n) is 10.6. The Hall–Kier alpha value is -2.89. The summed E-state index contributed by atoms with van der Waals surface area (Å²) in [4.78, 5) is 16.0. The number of benzene rings is 2. The Balaban J connectivity index is 1.94. The number of ether oxygens (including phenoxy) is 1. The lowest BCUT2D eigenvalue weighted by Gasteiger charge is -2.26. The molecule has 0 fully saturated rings. The number of rotatable bonds is 12. The number of oxazole rings is 1. The molecule has 1 heterocycles. The van der Waals surface area contributed by atoms with E-state index in [0.29, 0.717) is 18.5 Å². The minimum absolute atomic E-state index is 0.0847. The largest absolute Gasteiger partial charge is 0.495 e. The molecule has 3 rings (SSSR count). The van der Waals surface area contributed by atoms with Crippen molar-refractivity contribution < 1.29 is 27.5 Å². The van der Waals surface area contributed by atoms with Crippen LogP contribution in [0.5, 0.6) is 5.75 Å². The van der Waals surface area contributed by atoms with E-state index in [1.165, 1.54) is 42.1 Å². The lowest BCUT2D eigenvalue weighted by Crippen LogP contribution is -2.32. The van der Waals surface area contributed by atoms with Gasteiger partial charge in [-0.1, -0.05) is 28.8 Å². The molecular weight excluding hydrogens is 526 g/mol. The van der Waals surface area contributed by atoms with Gasteiger partial charge in [0, 0.05) is 23.3 Å². The summed E-state index contributed by atoms with van der Waals surface area (Å²) in [6, 6.07) is 11.4. The molecule has 0 aliphatic rings. The summed E-state index contributed by atoms with van der Waals surface area (Å²) in [6.45, 7) is 0.351. The predicted molar refractivity (Wildman–Crippen MR) is 132 cm³/mol. The zero-order valence-corrected chi connectivity index (χ0v) is 21.0. The molecule has 11 heteroatoms. The molecule has 0 aliphatic heterocycles. The highest BCUT2D eigenvalue weighted by Gasteiger charge is 2.29. The molecule has 2 N–H and O–H groups in total. The number of nitrogens with one attached hydrogen (secondary N) is 1. The summed E-state index contributed by atoms with van der Waals surface area (Å²) in [5, 5.41) is 11.6. The van der Waals surface area contributed by atoms with Crippen molar-refractivity contribution in [1.29, 1.82) is 0 Å². The van der Waals surface area contributed by atoms with Crippen LogP contribution < -0.4 is 14.4 Å². The molecule has 1 aromatic heterocycles. The summed E-state index contributed by atoms with van der Waals surface area (Å²) in [6.07, 6.45) is 5.47. The second-order valence-corrected chi connectivity index (χ2v) is 10.1. The number of amides is 1. The molecule has 0 bridgehead atoms. The number of sulfonamides is 1. The summed E-state index contributed by atoms with van der Waals surface area (Å²) >= 11 is 3.38. The smallest absolute Gasteiger partial charge is 0.311 e. The number of hydrogen-bond acceptors (Lipinski definition) is 7. The number of anilines is 2. The molecule has 0 unspecified atom stereocenters. The number of nitrogens with zero attached hydrogens (tertiary/aromatic N) is 2.